The summed E-state index contributed by atoms with van der Waals surface area (Å²) in [7, 11) is 1.65. The average Bonchev–Trinajstić information content (AvgIpc) is 2.50. The fourth-order valence-corrected chi connectivity index (χ4v) is 2.57. The van der Waals surface area contributed by atoms with Crippen LogP contribution in [0.25, 0.3) is 21.8 Å². The van der Waals surface area contributed by atoms with E-state index < -0.39 is 0 Å². The predicted octanol–water partition coefficient (Wildman–Crippen LogP) is 1.72. The molecule has 0 atom stereocenters. The number of anilines is 1. The van der Waals surface area contributed by atoms with Gasteiger partial charge in [0.2, 0.25) is 5.95 Å². The molecule has 0 spiro atoms. The minimum atomic E-state index is -0.121. The Balaban J connectivity index is 2.56. The van der Waals surface area contributed by atoms with Crippen LogP contribution in [-0.4, -0.2) is 14.5 Å². The van der Waals surface area contributed by atoms with Gasteiger partial charge in [0, 0.05) is 12.4 Å². The summed E-state index contributed by atoms with van der Waals surface area (Å²) in [5.41, 5.74) is 4.63. The van der Waals surface area contributed by atoms with Crippen LogP contribution >= 0.6 is 0 Å². The highest BCUT2D eigenvalue weighted by Gasteiger charge is 2.15. The molecule has 6 heteroatoms. The zero-order valence-electron chi connectivity index (χ0n) is 12.1. The summed E-state index contributed by atoms with van der Waals surface area (Å²) in [5.74, 6) is 5.79. The minimum absolute atomic E-state index is 0.121. The molecule has 0 aliphatic rings. The molecule has 6 nitrogen and oxygen atoms in total. The number of nitrogens with one attached hydrogen (secondary N) is 1. The largest absolute Gasteiger partial charge is 0.294 e. The highest BCUT2D eigenvalue weighted by Crippen LogP contribution is 2.24. The highest BCUT2D eigenvalue weighted by molar-refractivity contribution is 6.04. The molecule has 0 saturated carbocycles. The van der Waals surface area contributed by atoms with Gasteiger partial charge < -0.3 is 0 Å². The fourth-order valence-electron chi connectivity index (χ4n) is 2.57. The summed E-state index contributed by atoms with van der Waals surface area (Å²) >= 11 is 0. The number of rotatable bonds is 3. The molecule has 2 aromatic heterocycles. The number of hydrogen-bond donors (Lipinski definition) is 2. The zero-order valence-corrected chi connectivity index (χ0v) is 12.1. The highest BCUT2D eigenvalue weighted by atomic mass is 16.1. The van der Waals surface area contributed by atoms with Gasteiger partial charge in [0.05, 0.1) is 16.6 Å². The summed E-state index contributed by atoms with van der Waals surface area (Å²) in [5, 5.41) is 1.43. The van der Waals surface area contributed by atoms with E-state index in [-0.39, 0.29) is 5.56 Å². The van der Waals surface area contributed by atoms with Crippen LogP contribution < -0.4 is 16.8 Å². The van der Waals surface area contributed by atoms with Gasteiger partial charge in [0.1, 0.15) is 5.52 Å². The van der Waals surface area contributed by atoms with Crippen molar-refractivity contribution in [3.05, 3.63) is 40.3 Å². The van der Waals surface area contributed by atoms with Crippen LogP contribution in [0.2, 0.25) is 0 Å². The summed E-state index contributed by atoms with van der Waals surface area (Å²) in [6.45, 7) is 2.08. The van der Waals surface area contributed by atoms with Gasteiger partial charge in [0.15, 0.2) is 0 Å². The Morgan fingerprint density at radius 2 is 2.05 bits per heavy atom. The van der Waals surface area contributed by atoms with E-state index in [1.54, 1.807) is 7.05 Å². The maximum atomic E-state index is 12.7. The zero-order chi connectivity index (χ0) is 15.0. The Kier molecular flexibility index (Phi) is 3.31. The van der Waals surface area contributed by atoms with Gasteiger partial charge in [-0.05, 0) is 12.5 Å². The Labute approximate surface area is 121 Å². The number of fused-ring (bicyclic) bond motifs is 3. The second-order valence-electron chi connectivity index (χ2n) is 4.99. The van der Waals surface area contributed by atoms with E-state index in [1.807, 2.05) is 24.3 Å². The van der Waals surface area contributed by atoms with Crippen molar-refractivity contribution in [2.75, 3.05) is 5.43 Å². The lowest BCUT2D eigenvalue weighted by Gasteiger charge is -2.12. The number of hydrogen-bond acceptors (Lipinski definition) is 5. The van der Waals surface area contributed by atoms with Crippen LogP contribution in [0.4, 0.5) is 5.95 Å². The Bertz CT molecular complexity index is 884. The molecular weight excluding hydrogens is 266 g/mol. The van der Waals surface area contributed by atoms with E-state index in [2.05, 4.69) is 22.3 Å². The topological polar surface area (TPSA) is 85.8 Å². The van der Waals surface area contributed by atoms with Crippen LogP contribution in [0.3, 0.4) is 0 Å². The summed E-state index contributed by atoms with van der Waals surface area (Å²) in [4.78, 5) is 21.8. The predicted molar refractivity (Wildman–Crippen MR) is 84.1 cm³/mol. The first kappa shape index (κ1) is 13.5. The third kappa shape index (κ3) is 2.04. The molecule has 3 aromatic rings. The molecule has 1 aromatic carbocycles. The van der Waals surface area contributed by atoms with Crippen LogP contribution in [0, 0.1) is 0 Å². The van der Waals surface area contributed by atoms with Gasteiger partial charge in [-0.2, -0.15) is 0 Å². The molecule has 0 saturated heterocycles. The SMILES string of the molecule is CCCc1nc2ccccc2c2c(=O)n(C)c(NN)nc12. The van der Waals surface area contributed by atoms with Crippen molar-refractivity contribution in [1.29, 1.82) is 0 Å². The third-order valence-corrected chi connectivity index (χ3v) is 3.61. The van der Waals surface area contributed by atoms with Crippen LogP contribution in [0.5, 0.6) is 0 Å². The van der Waals surface area contributed by atoms with E-state index in [0.717, 1.165) is 29.4 Å². The summed E-state index contributed by atoms with van der Waals surface area (Å²) in [6.07, 6.45) is 1.70. The molecule has 0 fully saturated rings. The van der Waals surface area contributed by atoms with Crippen molar-refractivity contribution in [2.45, 2.75) is 19.8 Å². The number of benzene rings is 1. The number of aromatic nitrogens is 3. The van der Waals surface area contributed by atoms with Crippen molar-refractivity contribution < 1.29 is 0 Å². The lowest BCUT2D eigenvalue weighted by molar-refractivity contribution is 0.839. The normalized spacial score (nSPS) is 11.2. The minimum Gasteiger partial charge on any atom is -0.294 e. The first-order chi connectivity index (χ1) is 10.2. The van der Waals surface area contributed by atoms with Gasteiger partial charge in [0.25, 0.3) is 5.56 Å². The molecule has 0 aliphatic carbocycles. The number of nitrogens with two attached hydrogens (primary N) is 1. The number of pyridine rings is 1. The molecule has 0 unspecified atom stereocenters. The average molecular weight is 283 g/mol. The second kappa shape index (κ2) is 5.14. The lowest BCUT2D eigenvalue weighted by atomic mass is 10.1. The van der Waals surface area contributed by atoms with Crippen LogP contribution in [0.1, 0.15) is 19.0 Å². The Morgan fingerprint density at radius 3 is 2.76 bits per heavy atom. The van der Waals surface area contributed by atoms with E-state index >= 15 is 0 Å². The van der Waals surface area contributed by atoms with E-state index in [9.17, 15) is 4.79 Å². The van der Waals surface area contributed by atoms with Gasteiger partial charge >= 0.3 is 0 Å². The first-order valence-corrected chi connectivity index (χ1v) is 6.92. The number of aryl methyl sites for hydroxylation is 1. The molecule has 21 heavy (non-hydrogen) atoms. The molecule has 3 N–H and O–H groups in total. The van der Waals surface area contributed by atoms with E-state index in [4.69, 9.17) is 5.84 Å². The molecule has 0 amide bonds. The first-order valence-electron chi connectivity index (χ1n) is 6.92. The monoisotopic (exact) mass is 283 g/mol. The Hall–Kier alpha value is -2.47. The molecule has 108 valence electrons. The third-order valence-electron chi connectivity index (χ3n) is 3.61. The summed E-state index contributed by atoms with van der Waals surface area (Å²) in [6, 6.07) is 7.64. The number of nitrogens with zero attached hydrogens (tertiary/aromatic N) is 3. The van der Waals surface area contributed by atoms with Gasteiger partial charge in [-0.25, -0.2) is 10.8 Å². The van der Waals surface area contributed by atoms with Gasteiger partial charge in [-0.1, -0.05) is 31.5 Å². The number of para-hydroxylation sites is 1. The number of nitrogen functional groups attached to an aromatic ring is 1. The molecule has 0 aliphatic heterocycles. The smallest absolute Gasteiger partial charge is 0.263 e. The standard InChI is InChI=1S/C15H17N5O/c1-3-6-11-13-12(9-7-4-5-8-10(9)17-11)14(21)20(2)15(18-13)19-16/h4-5,7-8H,3,6,16H2,1-2H3,(H,18,19). The number of hydrazine groups is 1. The second-order valence-corrected chi connectivity index (χ2v) is 4.99. The summed E-state index contributed by atoms with van der Waals surface area (Å²) < 4.78 is 1.42. The molecular formula is C15H17N5O. The quantitative estimate of drug-likeness (QED) is 0.434. The molecule has 0 radical (unpaired) electrons. The van der Waals surface area contributed by atoms with Crippen molar-refractivity contribution in [1.82, 2.24) is 14.5 Å². The van der Waals surface area contributed by atoms with Gasteiger partial charge in [-0.3, -0.25) is 19.8 Å². The van der Waals surface area contributed by atoms with Crippen LogP contribution in [-0.2, 0) is 13.5 Å². The van der Waals surface area contributed by atoms with Gasteiger partial charge in [-0.15, -0.1) is 0 Å². The van der Waals surface area contributed by atoms with E-state index in [1.165, 1.54) is 4.57 Å². The molecule has 3 rings (SSSR count). The lowest BCUT2D eigenvalue weighted by Crippen LogP contribution is -2.25. The van der Waals surface area contributed by atoms with Crippen molar-refractivity contribution >= 4 is 27.8 Å². The van der Waals surface area contributed by atoms with Crippen molar-refractivity contribution in [3.63, 3.8) is 0 Å². The maximum Gasteiger partial charge on any atom is 0.263 e. The van der Waals surface area contributed by atoms with Crippen LogP contribution in [0.15, 0.2) is 29.1 Å². The molecule has 0 bridgehead atoms. The van der Waals surface area contributed by atoms with E-state index in [0.29, 0.717) is 16.9 Å². The molecule has 2 heterocycles. The fraction of sp³-hybridized carbons (Fsp3) is 0.267. The van der Waals surface area contributed by atoms with Crippen molar-refractivity contribution in [2.24, 2.45) is 12.9 Å². The Morgan fingerprint density at radius 1 is 1.29 bits per heavy atom. The van der Waals surface area contributed by atoms with Crippen molar-refractivity contribution in [3.8, 4) is 0 Å². The maximum absolute atomic E-state index is 12.7.